The topological polar surface area (TPSA) is 73.5 Å². The average Bonchev–Trinajstić information content (AvgIpc) is 3.43. The molecule has 6 aromatic rings. The maximum absolute atomic E-state index is 15.3. The molecule has 0 atom stereocenters. The zero-order chi connectivity index (χ0) is 28.7. The SMILES string of the molecule is CCc1ccc2c(c1)c(=O)c(C(=O)Nc1ccc(Oc3cccc4occ(-c5ccccc5)c34)c(F)c1)c(C)n2C. The smallest absolute Gasteiger partial charge is 0.261 e. The van der Waals surface area contributed by atoms with Crippen LogP contribution in [0.4, 0.5) is 10.1 Å². The Morgan fingerprint density at radius 1 is 0.976 bits per heavy atom. The highest BCUT2D eigenvalue weighted by atomic mass is 19.1. The molecular weight excluding hydrogens is 519 g/mol. The number of hydrogen-bond acceptors (Lipinski definition) is 4. The Morgan fingerprint density at radius 2 is 1.78 bits per heavy atom. The predicted molar refractivity (Wildman–Crippen MR) is 159 cm³/mol. The minimum atomic E-state index is -0.666. The molecule has 204 valence electrons. The van der Waals surface area contributed by atoms with E-state index >= 15 is 4.39 Å². The number of nitrogens with one attached hydrogen (secondary N) is 1. The van der Waals surface area contributed by atoms with Gasteiger partial charge in [0.25, 0.3) is 5.91 Å². The first-order chi connectivity index (χ1) is 19.9. The summed E-state index contributed by atoms with van der Waals surface area (Å²) in [6.45, 7) is 3.73. The number of ether oxygens (including phenoxy) is 1. The number of carbonyl (C=O) groups excluding carboxylic acids is 1. The average molecular weight is 547 g/mol. The number of pyridine rings is 1. The Bertz CT molecular complexity index is 2010. The Labute approximate surface area is 235 Å². The quantitative estimate of drug-likeness (QED) is 0.230. The van der Waals surface area contributed by atoms with Crippen LogP contribution in [0.1, 0.15) is 28.5 Å². The van der Waals surface area contributed by atoms with Gasteiger partial charge in [-0.1, -0.05) is 49.4 Å². The molecule has 6 rings (SSSR count). The Balaban J connectivity index is 1.30. The number of furan rings is 1. The molecule has 0 bridgehead atoms. The minimum Gasteiger partial charge on any atom is -0.464 e. The van der Waals surface area contributed by atoms with E-state index in [-0.39, 0.29) is 22.4 Å². The van der Waals surface area contributed by atoms with Crippen LogP contribution in [-0.2, 0) is 13.5 Å². The summed E-state index contributed by atoms with van der Waals surface area (Å²) in [4.78, 5) is 26.7. The van der Waals surface area contributed by atoms with Crippen LogP contribution in [0.5, 0.6) is 11.5 Å². The number of halogens is 1. The summed E-state index contributed by atoms with van der Waals surface area (Å²) < 4.78 is 28.9. The summed E-state index contributed by atoms with van der Waals surface area (Å²) in [6, 6.07) is 24.9. The molecular formula is C34H27FN2O4. The monoisotopic (exact) mass is 546 g/mol. The second-order valence-corrected chi connectivity index (χ2v) is 9.90. The summed E-state index contributed by atoms with van der Waals surface area (Å²) in [5, 5.41) is 3.88. The van der Waals surface area contributed by atoms with Crippen molar-refractivity contribution in [3.05, 3.63) is 124 Å². The van der Waals surface area contributed by atoms with Gasteiger partial charge in [0.1, 0.15) is 16.9 Å². The van der Waals surface area contributed by atoms with Crippen LogP contribution in [0, 0.1) is 12.7 Å². The molecule has 1 N–H and O–H groups in total. The van der Waals surface area contributed by atoms with Gasteiger partial charge in [0, 0.05) is 35.4 Å². The van der Waals surface area contributed by atoms with E-state index in [1.165, 1.54) is 12.1 Å². The van der Waals surface area contributed by atoms with E-state index in [0.29, 0.717) is 22.4 Å². The zero-order valence-corrected chi connectivity index (χ0v) is 22.8. The van der Waals surface area contributed by atoms with E-state index in [1.54, 1.807) is 31.4 Å². The lowest BCUT2D eigenvalue weighted by Crippen LogP contribution is -2.26. The fraction of sp³-hybridized carbons (Fsp3) is 0.118. The van der Waals surface area contributed by atoms with E-state index < -0.39 is 11.7 Å². The van der Waals surface area contributed by atoms with E-state index in [4.69, 9.17) is 9.15 Å². The molecule has 0 saturated heterocycles. The summed E-state index contributed by atoms with van der Waals surface area (Å²) in [6.07, 6.45) is 2.43. The third-order valence-corrected chi connectivity index (χ3v) is 7.45. The highest BCUT2D eigenvalue weighted by Gasteiger charge is 2.20. The van der Waals surface area contributed by atoms with Gasteiger partial charge in [-0.05, 0) is 60.9 Å². The van der Waals surface area contributed by atoms with Crippen molar-refractivity contribution in [1.29, 1.82) is 0 Å². The van der Waals surface area contributed by atoms with E-state index in [1.807, 2.05) is 73.1 Å². The van der Waals surface area contributed by atoms with Crippen LogP contribution < -0.4 is 15.5 Å². The molecule has 7 heteroatoms. The summed E-state index contributed by atoms with van der Waals surface area (Å²) in [5.41, 5.74) is 4.54. The van der Waals surface area contributed by atoms with Gasteiger partial charge in [0.05, 0.1) is 17.2 Å². The Kier molecular flexibility index (Phi) is 6.63. The maximum atomic E-state index is 15.3. The second-order valence-electron chi connectivity index (χ2n) is 9.90. The number of hydrogen-bond donors (Lipinski definition) is 1. The molecule has 0 spiro atoms. The molecule has 0 radical (unpaired) electrons. The van der Waals surface area contributed by atoms with Crippen molar-refractivity contribution in [2.24, 2.45) is 7.05 Å². The van der Waals surface area contributed by atoms with Crippen LogP contribution in [0.2, 0.25) is 0 Å². The van der Waals surface area contributed by atoms with Gasteiger partial charge in [0.2, 0.25) is 5.43 Å². The predicted octanol–water partition coefficient (Wildman–Crippen LogP) is 8.01. The third-order valence-electron chi connectivity index (χ3n) is 7.45. The lowest BCUT2D eigenvalue weighted by molar-refractivity contribution is 0.102. The second kappa shape index (κ2) is 10.4. The molecule has 0 aliphatic heterocycles. The Hall–Kier alpha value is -5.17. The summed E-state index contributed by atoms with van der Waals surface area (Å²) >= 11 is 0. The minimum absolute atomic E-state index is 0.0133. The van der Waals surface area contributed by atoms with Gasteiger partial charge in [-0.3, -0.25) is 9.59 Å². The van der Waals surface area contributed by atoms with Crippen molar-refractivity contribution in [1.82, 2.24) is 4.57 Å². The van der Waals surface area contributed by atoms with Gasteiger partial charge in [-0.15, -0.1) is 0 Å². The van der Waals surface area contributed by atoms with Gasteiger partial charge >= 0.3 is 0 Å². The maximum Gasteiger partial charge on any atom is 0.261 e. The first kappa shape index (κ1) is 26.1. The molecule has 0 aliphatic carbocycles. The first-order valence-corrected chi connectivity index (χ1v) is 13.3. The molecule has 0 fully saturated rings. The Morgan fingerprint density at radius 3 is 2.54 bits per heavy atom. The largest absolute Gasteiger partial charge is 0.464 e. The van der Waals surface area contributed by atoms with Crippen LogP contribution in [-0.4, -0.2) is 10.5 Å². The number of benzene rings is 4. The number of aromatic nitrogens is 1. The molecule has 4 aromatic carbocycles. The number of aryl methyl sites for hydroxylation is 2. The highest BCUT2D eigenvalue weighted by Crippen LogP contribution is 2.39. The lowest BCUT2D eigenvalue weighted by atomic mass is 10.0. The molecule has 0 unspecified atom stereocenters. The van der Waals surface area contributed by atoms with Crippen molar-refractivity contribution < 1.29 is 18.3 Å². The molecule has 2 aromatic heterocycles. The number of carbonyl (C=O) groups is 1. The fourth-order valence-corrected chi connectivity index (χ4v) is 5.14. The standard InChI is InChI=1S/C34H27FN2O4/c1-4-21-13-15-27-24(17-21)33(38)31(20(2)37(27)3)34(39)36-23-14-16-28(26(35)18-23)41-30-12-8-11-29-32(30)25(19-40-29)22-9-6-5-7-10-22/h5-19H,4H2,1-3H3,(H,36,39). The van der Waals surface area contributed by atoms with Crippen molar-refractivity contribution in [2.45, 2.75) is 20.3 Å². The van der Waals surface area contributed by atoms with Gasteiger partial charge in [-0.2, -0.15) is 0 Å². The van der Waals surface area contributed by atoms with E-state index in [2.05, 4.69) is 5.32 Å². The zero-order valence-electron chi connectivity index (χ0n) is 22.8. The third kappa shape index (κ3) is 4.65. The van der Waals surface area contributed by atoms with Crippen molar-refractivity contribution in [2.75, 3.05) is 5.32 Å². The van der Waals surface area contributed by atoms with Crippen LogP contribution >= 0.6 is 0 Å². The highest BCUT2D eigenvalue weighted by molar-refractivity contribution is 6.07. The molecule has 41 heavy (non-hydrogen) atoms. The number of nitrogens with zero attached hydrogens (tertiary/aromatic N) is 1. The number of anilines is 1. The van der Waals surface area contributed by atoms with Gasteiger partial charge < -0.3 is 19.0 Å². The molecule has 0 aliphatic rings. The van der Waals surface area contributed by atoms with Gasteiger partial charge in [0.15, 0.2) is 11.6 Å². The number of rotatable bonds is 6. The van der Waals surface area contributed by atoms with E-state index in [0.717, 1.165) is 34.0 Å². The van der Waals surface area contributed by atoms with Crippen LogP contribution in [0.25, 0.3) is 33.0 Å². The fourth-order valence-electron chi connectivity index (χ4n) is 5.14. The normalized spacial score (nSPS) is 11.2. The summed E-state index contributed by atoms with van der Waals surface area (Å²) in [5.74, 6) is -0.843. The van der Waals surface area contributed by atoms with Crippen LogP contribution in [0.15, 0.2) is 100 Å². The van der Waals surface area contributed by atoms with Gasteiger partial charge in [-0.25, -0.2) is 4.39 Å². The van der Waals surface area contributed by atoms with Crippen molar-refractivity contribution in [3.8, 4) is 22.6 Å². The molecule has 0 saturated carbocycles. The first-order valence-electron chi connectivity index (χ1n) is 13.3. The lowest BCUT2D eigenvalue weighted by Gasteiger charge is -2.15. The van der Waals surface area contributed by atoms with Crippen molar-refractivity contribution >= 4 is 33.5 Å². The molecule has 2 heterocycles. The summed E-state index contributed by atoms with van der Waals surface area (Å²) in [7, 11) is 1.81. The van der Waals surface area contributed by atoms with Crippen LogP contribution in [0.3, 0.4) is 0 Å². The molecule has 1 amide bonds. The molecule has 6 nitrogen and oxygen atoms in total. The number of fused-ring (bicyclic) bond motifs is 2. The van der Waals surface area contributed by atoms with E-state index in [9.17, 15) is 9.59 Å². The number of amides is 1. The van der Waals surface area contributed by atoms with Crippen molar-refractivity contribution in [3.63, 3.8) is 0 Å².